The molecular formula is C65H64N4OPt-2. The zero-order chi connectivity index (χ0) is 53.7. The second-order valence-electron chi connectivity index (χ2n) is 22.9. The van der Waals surface area contributed by atoms with Gasteiger partial charge in [0, 0.05) is 44.3 Å². The molecule has 0 amide bonds. The first-order valence-electron chi connectivity index (χ1n) is 26.8. The third-order valence-corrected chi connectivity index (χ3v) is 13.1. The van der Waals surface area contributed by atoms with E-state index >= 15 is 0 Å². The Bertz CT molecular complexity index is 3840. The number of aromatic nitrogens is 4. The molecule has 3 heterocycles. The van der Waals surface area contributed by atoms with E-state index in [1.54, 1.807) is 0 Å². The van der Waals surface area contributed by atoms with Gasteiger partial charge in [-0.1, -0.05) is 191 Å². The van der Waals surface area contributed by atoms with Crippen molar-refractivity contribution >= 4 is 32.8 Å². The predicted octanol–water partition coefficient (Wildman–Crippen LogP) is 16.4. The molecule has 71 heavy (non-hydrogen) atoms. The van der Waals surface area contributed by atoms with Crippen molar-refractivity contribution in [2.45, 2.75) is 106 Å². The molecule has 0 saturated heterocycles. The van der Waals surface area contributed by atoms with Gasteiger partial charge in [-0.25, -0.2) is 4.98 Å². The third-order valence-electron chi connectivity index (χ3n) is 13.1. The Balaban J connectivity index is 0.00000706. The summed E-state index contributed by atoms with van der Waals surface area (Å²) < 4.78 is 57.6. The SMILES string of the molecule is [2H]c1c([2H])c([2H])c(-c2cccc(-c3cc(C(C)(C)C)cc(C(C)(C)C)c3)c2-[n+]2[c-]n(-c3[c-]c(Oc4[c-]c5c(cc4)c4ccccc4n5-c4cc(C(C)(C)C)ccn4)ccc3)c3cc(CC(C)(C)C)ccc32)c([2H])c1[2H].[Pt]. The van der Waals surface area contributed by atoms with E-state index in [9.17, 15) is 2.74 Å². The first kappa shape index (κ1) is 43.3. The van der Waals surface area contributed by atoms with Crippen molar-refractivity contribution in [2.24, 2.45) is 5.41 Å². The van der Waals surface area contributed by atoms with Gasteiger partial charge in [0.25, 0.3) is 6.33 Å². The van der Waals surface area contributed by atoms with Crippen molar-refractivity contribution in [3.8, 4) is 50.9 Å². The number of nitrogens with zero attached hydrogens (tertiary/aromatic N) is 4. The van der Waals surface area contributed by atoms with Crippen LogP contribution in [0.1, 0.15) is 112 Å². The number of imidazole rings is 1. The summed E-state index contributed by atoms with van der Waals surface area (Å²) in [6, 6.07) is 46.8. The molecule has 0 aliphatic heterocycles. The Hall–Kier alpha value is -6.55. The number of hydrogen-bond acceptors (Lipinski definition) is 2. The second kappa shape index (κ2) is 18.6. The Morgan fingerprint density at radius 2 is 1.25 bits per heavy atom. The van der Waals surface area contributed by atoms with Gasteiger partial charge >= 0.3 is 0 Å². The molecule has 0 fully saturated rings. The molecule has 5 nitrogen and oxygen atoms in total. The van der Waals surface area contributed by atoms with Gasteiger partial charge in [0.15, 0.2) is 0 Å². The molecule has 0 spiro atoms. The molecule has 7 aromatic carbocycles. The third kappa shape index (κ3) is 9.91. The number of fused-ring (bicyclic) bond motifs is 4. The molecule has 0 unspecified atom stereocenters. The molecule has 362 valence electrons. The van der Waals surface area contributed by atoms with Crippen LogP contribution in [0, 0.1) is 23.9 Å². The maximum Gasteiger partial charge on any atom is 0.268 e. The van der Waals surface area contributed by atoms with Crippen LogP contribution in [0.3, 0.4) is 0 Å². The van der Waals surface area contributed by atoms with Crippen molar-refractivity contribution in [1.29, 1.82) is 0 Å². The minimum atomic E-state index is -0.443. The summed E-state index contributed by atoms with van der Waals surface area (Å²) in [4.78, 5) is 4.87. The van der Waals surface area contributed by atoms with E-state index in [2.05, 4.69) is 185 Å². The van der Waals surface area contributed by atoms with Crippen LogP contribution in [0.25, 0.3) is 72.3 Å². The fourth-order valence-corrected chi connectivity index (χ4v) is 9.40. The normalized spacial score (nSPS) is 13.4. The van der Waals surface area contributed by atoms with Gasteiger partial charge in [-0.3, -0.25) is 4.57 Å². The van der Waals surface area contributed by atoms with Crippen LogP contribution in [0.5, 0.6) is 11.5 Å². The maximum absolute atomic E-state index is 9.30. The predicted molar refractivity (Wildman–Crippen MR) is 290 cm³/mol. The van der Waals surface area contributed by atoms with Crippen LogP contribution >= 0.6 is 0 Å². The summed E-state index contributed by atoms with van der Waals surface area (Å²) >= 11 is 0. The van der Waals surface area contributed by atoms with Crippen molar-refractivity contribution in [1.82, 2.24) is 14.1 Å². The molecule has 0 saturated carbocycles. The molecule has 10 rings (SSSR count). The van der Waals surface area contributed by atoms with Gasteiger partial charge in [-0.05, 0) is 102 Å². The van der Waals surface area contributed by atoms with E-state index in [1.165, 1.54) is 5.56 Å². The first-order valence-corrected chi connectivity index (χ1v) is 24.3. The summed E-state index contributed by atoms with van der Waals surface area (Å²) in [5.41, 5.74) is 11.3. The quantitative estimate of drug-likeness (QED) is 0.112. The van der Waals surface area contributed by atoms with Crippen LogP contribution in [-0.4, -0.2) is 14.1 Å². The number of para-hydroxylation sites is 2. The van der Waals surface area contributed by atoms with E-state index in [4.69, 9.17) is 13.8 Å². The molecule has 0 bridgehead atoms. The zero-order valence-electron chi connectivity index (χ0n) is 47.8. The molecule has 3 aromatic heterocycles. The minimum absolute atomic E-state index is 0. The second-order valence-corrected chi connectivity index (χ2v) is 22.9. The zero-order valence-corrected chi connectivity index (χ0v) is 45.1. The molecule has 0 radical (unpaired) electrons. The van der Waals surface area contributed by atoms with Gasteiger partial charge in [-0.2, -0.15) is 18.2 Å². The molecule has 0 aliphatic rings. The summed E-state index contributed by atoms with van der Waals surface area (Å²) in [6.07, 6.45) is 6.43. The molecule has 6 heteroatoms. The summed E-state index contributed by atoms with van der Waals surface area (Å²) in [6.45, 7) is 26.6. The Morgan fingerprint density at radius 1 is 0.592 bits per heavy atom. The largest absolute Gasteiger partial charge is 0.510 e. The van der Waals surface area contributed by atoms with Gasteiger partial charge in [0.2, 0.25) is 0 Å². The molecule has 0 aliphatic carbocycles. The summed E-state index contributed by atoms with van der Waals surface area (Å²) in [7, 11) is 0. The number of hydrogen-bond donors (Lipinski definition) is 0. The fraction of sp³-hybridized carbons (Fsp3) is 0.262. The first-order chi connectivity index (χ1) is 35.3. The maximum atomic E-state index is 9.30. The minimum Gasteiger partial charge on any atom is -0.510 e. The van der Waals surface area contributed by atoms with Crippen LogP contribution < -0.4 is 9.30 Å². The average molecular weight is 1120 g/mol. The van der Waals surface area contributed by atoms with E-state index in [-0.39, 0.29) is 60.4 Å². The Morgan fingerprint density at radius 3 is 1.94 bits per heavy atom. The van der Waals surface area contributed by atoms with Crippen LogP contribution in [0.2, 0.25) is 0 Å². The Kier molecular flexibility index (Phi) is 11.3. The van der Waals surface area contributed by atoms with E-state index in [1.807, 2.05) is 57.8 Å². The topological polar surface area (TPSA) is 35.9 Å². The number of pyridine rings is 1. The van der Waals surface area contributed by atoms with Crippen LogP contribution in [0.15, 0.2) is 158 Å². The van der Waals surface area contributed by atoms with Crippen LogP contribution in [0.4, 0.5) is 0 Å². The smallest absolute Gasteiger partial charge is 0.268 e. The average Bonchev–Trinajstić information content (AvgIpc) is 3.94. The van der Waals surface area contributed by atoms with Gasteiger partial charge in [0.1, 0.15) is 5.82 Å². The van der Waals surface area contributed by atoms with Crippen molar-refractivity contribution in [3.05, 3.63) is 198 Å². The molecular weight excluding hydrogens is 1050 g/mol. The van der Waals surface area contributed by atoms with Gasteiger partial charge in [-0.15, -0.1) is 29.7 Å². The van der Waals surface area contributed by atoms with E-state index < -0.39 is 18.1 Å². The van der Waals surface area contributed by atoms with Crippen molar-refractivity contribution < 1.29 is 37.2 Å². The molecule has 0 N–H and O–H groups in total. The monoisotopic (exact) mass is 1120 g/mol. The summed E-state index contributed by atoms with van der Waals surface area (Å²) in [5, 5.41) is 2.12. The summed E-state index contributed by atoms with van der Waals surface area (Å²) in [5.74, 6) is 1.79. The fourth-order valence-electron chi connectivity index (χ4n) is 9.40. The number of rotatable bonds is 8. The van der Waals surface area contributed by atoms with Crippen molar-refractivity contribution in [2.75, 3.05) is 0 Å². The van der Waals surface area contributed by atoms with E-state index in [0.29, 0.717) is 28.4 Å². The van der Waals surface area contributed by atoms with Crippen molar-refractivity contribution in [3.63, 3.8) is 0 Å². The van der Waals surface area contributed by atoms with Gasteiger partial charge < -0.3 is 13.9 Å². The standard InChI is InChI=1S/C65H64N4O.Pt/c1-62(2,3)41-43-28-31-57-59(34-43)67(42-68(57)61-52(44-20-14-13-15-21-44)25-19-26-53(61)45-35-47(64(7,8)9)37-48(36-45)65(10,11)12)49-22-18-23-50(39-49)70-51-29-30-55-54-24-16-17-27-56(54)69(58(55)40-51)60-38-46(32-33-66-60)63(4,5)6;/h13-38H,41H2,1-12H3;/q-2;/i13D,14D,15D,20D,21D;. The van der Waals surface area contributed by atoms with E-state index in [0.717, 1.165) is 72.9 Å². The van der Waals surface area contributed by atoms with Gasteiger partial charge in [0.05, 0.1) is 23.6 Å². The molecule has 0 atom stereocenters. The van der Waals surface area contributed by atoms with Crippen LogP contribution in [-0.2, 0) is 43.7 Å². The Labute approximate surface area is 442 Å². The molecule has 10 aromatic rings. The number of ether oxygens (including phenoxy) is 1. The number of benzene rings is 7.